The number of amides is 3. The molecule has 0 aromatic carbocycles. The molecule has 2 rings (SSSR count). The van der Waals surface area contributed by atoms with E-state index in [1.54, 1.807) is 0 Å². The van der Waals surface area contributed by atoms with Crippen molar-refractivity contribution in [3.63, 3.8) is 0 Å². The summed E-state index contributed by atoms with van der Waals surface area (Å²) in [5, 5.41) is 15.1. The van der Waals surface area contributed by atoms with Crippen LogP contribution in [0.4, 0.5) is 4.79 Å². The standard InChI is InChI=1S/C7H11N3O3/c11-5-7(1-3-8-4-2-7)10(13)6(12)9-5/h8,13H,1-4H2,(H,9,11,12). The highest BCUT2D eigenvalue weighted by molar-refractivity contribution is 6.06. The number of hydrogen-bond acceptors (Lipinski definition) is 4. The zero-order valence-electron chi connectivity index (χ0n) is 7.04. The molecular weight excluding hydrogens is 174 g/mol. The van der Waals surface area contributed by atoms with Gasteiger partial charge in [0.05, 0.1) is 0 Å². The highest BCUT2D eigenvalue weighted by Crippen LogP contribution is 2.28. The largest absolute Gasteiger partial charge is 0.348 e. The number of imide groups is 1. The molecule has 2 fully saturated rings. The SMILES string of the molecule is O=C1NC(=O)C2(CCNCC2)N1O. The van der Waals surface area contributed by atoms with E-state index in [0.717, 1.165) is 0 Å². The van der Waals surface area contributed by atoms with Crippen molar-refractivity contribution in [2.24, 2.45) is 0 Å². The molecule has 3 N–H and O–H groups in total. The minimum absolute atomic E-state index is 0.387. The summed E-state index contributed by atoms with van der Waals surface area (Å²) in [4.78, 5) is 22.4. The third-order valence-electron chi connectivity index (χ3n) is 2.67. The Balaban J connectivity index is 2.28. The van der Waals surface area contributed by atoms with Gasteiger partial charge < -0.3 is 5.32 Å². The molecule has 6 nitrogen and oxygen atoms in total. The average Bonchev–Trinajstić information content (AvgIpc) is 2.34. The predicted octanol–water partition coefficient (Wildman–Crippen LogP) is -0.950. The number of nitrogens with one attached hydrogen (secondary N) is 2. The zero-order chi connectivity index (χ0) is 9.47. The van der Waals surface area contributed by atoms with Crippen LogP contribution < -0.4 is 10.6 Å². The Labute approximate surface area is 74.8 Å². The van der Waals surface area contributed by atoms with Gasteiger partial charge in [-0.3, -0.25) is 15.3 Å². The maximum absolute atomic E-state index is 11.4. The van der Waals surface area contributed by atoms with E-state index >= 15 is 0 Å². The van der Waals surface area contributed by atoms with Crippen LogP contribution in [0.5, 0.6) is 0 Å². The highest BCUT2D eigenvalue weighted by atomic mass is 16.5. The zero-order valence-corrected chi connectivity index (χ0v) is 7.04. The van der Waals surface area contributed by atoms with Gasteiger partial charge in [-0.15, -0.1) is 0 Å². The monoisotopic (exact) mass is 185 g/mol. The first-order valence-electron chi connectivity index (χ1n) is 4.22. The van der Waals surface area contributed by atoms with Gasteiger partial charge in [-0.2, -0.15) is 5.06 Å². The molecule has 0 radical (unpaired) electrons. The first-order valence-corrected chi connectivity index (χ1v) is 4.22. The van der Waals surface area contributed by atoms with Gasteiger partial charge in [0.15, 0.2) is 5.54 Å². The van der Waals surface area contributed by atoms with Gasteiger partial charge in [0, 0.05) is 0 Å². The molecule has 2 aliphatic heterocycles. The van der Waals surface area contributed by atoms with Gasteiger partial charge in [0.1, 0.15) is 0 Å². The van der Waals surface area contributed by atoms with Crippen LogP contribution in [0.2, 0.25) is 0 Å². The van der Waals surface area contributed by atoms with Gasteiger partial charge in [-0.1, -0.05) is 0 Å². The van der Waals surface area contributed by atoms with Crippen LogP contribution in [0, 0.1) is 0 Å². The Kier molecular flexibility index (Phi) is 1.74. The molecule has 2 saturated heterocycles. The number of rotatable bonds is 0. The van der Waals surface area contributed by atoms with Gasteiger partial charge in [0.25, 0.3) is 5.91 Å². The molecule has 0 unspecified atom stereocenters. The number of hydroxylamine groups is 2. The fourth-order valence-electron chi connectivity index (χ4n) is 1.84. The van der Waals surface area contributed by atoms with Crippen LogP contribution in [0.25, 0.3) is 0 Å². The van der Waals surface area contributed by atoms with Gasteiger partial charge in [-0.25, -0.2) is 4.79 Å². The maximum Gasteiger partial charge on any atom is 0.348 e. The van der Waals surface area contributed by atoms with Crippen molar-refractivity contribution >= 4 is 11.9 Å². The van der Waals surface area contributed by atoms with Crippen LogP contribution in [-0.2, 0) is 4.79 Å². The molecule has 0 aromatic rings. The molecule has 72 valence electrons. The number of carbonyl (C=O) groups is 2. The van der Waals surface area contributed by atoms with Crippen LogP contribution in [0.1, 0.15) is 12.8 Å². The van der Waals surface area contributed by atoms with Gasteiger partial charge >= 0.3 is 6.03 Å². The normalized spacial score (nSPS) is 26.7. The second-order valence-corrected chi connectivity index (χ2v) is 3.35. The Morgan fingerprint density at radius 2 is 1.92 bits per heavy atom. The third kappa shape index (κ3) is 1.02. The summed E-state index contributed by atoms with van der Waals surface area (Å²) in [6.45, 7) is 1.27. The molecule has 13 heavy (non-hydrogen) atoms. The summed E-state index contributed by atoms with van der Waals surface area (Å²) in [5.74, 6) is -0.387. The van der Waals surface area contributed by atoms with E-state index < -0.39 is 11.6 Å². The molecule has 0 saturated carbocycles. The predicted molar refractivity (Wildman–Crippen MR) is 42.0 cm³/mol. The minimum Gasteiger partial charge on any atom is -0.317 e. The van der Waals surface area contributed by atoms with Crippen molar-refractivity contribution in [1.82, 2.24) is 15.7 Å². The molecule has 0 aromatic heterocycles. The smallest absolute Gasteiger partial charge is 0.317 e. The Bertz CT molecular complexity index is 260. The molecular formula is C7H11N3O3. The van der Waals surface area contributed by atoms with Crippen LogP contribution in [-0.4, -0.2) is 40.8 Å². The first-order chi connectivity index (χ1) is 6.17. The Morgan fingerprint density at radius 3 is 2.38 bits per heavy atom. The second kappa shape index (κ2) is 2.68. The summed E-state index contributed by atoms with van der Waals surface area (Å²) in [6, 6.07) is -0.716. The highest BCUT2D eigenvalue weighted by Gasteiger charge is 2.53. The van der Waals surface area contributed by atoms with Crippen molar-refractivity contribution in [2.45, 2.75) is 18.4 Å². The number of nitrogens with zero attached hydrogens (tertiary/aromatic N) is 1. The minimum atomic E-state index is -1.01. The molecule has 0 aliphatic carbocycles. The van der Waals surface area contributed by atoms with Gasteiger partial charge in [-0.05, 0) is 25.9 Å². The lowest BCUT2D eigenvalue weighted by atomic mass is 9.88. The summed E-state index contributed by atoms with van der Waals surface area (Å²) < 4.78 is 0. The van der Waals surface area contributed by atoms with E-state index in [-0.39, 0.29) is 5.91 Å². The maximum atomic E-state index is 11.4. The molecule has 1 spiro atoms. The lowest BCUT2D eigenvalue weighted by Gasteiger charge is -2.34. The second-order valence-electron chi connectivity index (χ2n) is 3.35. The summed E-state index contributed by atoms with van der Waals surface area (Å²) >= 11 is 0. The van der Waals surface area contributed by atoms with Gasteiger partial charge in [0.2, 0.25) is 0 Å². The van der Waals surface area contributed by atoms with Crippen LogP contribution in [0.15, 0.2) is 0 Å². The van der Waals surface area contributed by atoms with E-state index in [9.17, 15) is 14.8 Å². The number of piperidine rings is 1. The van der Waals surface area contributed by atoms with E-state index in [2.05, 4.69) is 10.6 Å². The number of hydrogen-bond donors (Lipinski definition) is 3. The van der Waals surface area contributed by atoms with Crippen molar-refractivity contribution in [3.8, 4) is 0 Å². The number of carbonyl (C=O) groups excluding carboxylic acids is 2. The Hall–Kier alpha value is -1.14. The molecule has 2 heterocycles. The molecule has 3 amide bonds. The fourth-order valence-corrected chi connectivity index (χ4v) is 1.84. The van der Waals surface area contributed by atoms with Crippen molar-refractivity contribution in [3.05, 3.63) is 0 Å². The van der Waals surface area contributed by atoms with Crippen molar-refractivity contribution in [2.75, 3.05) is 13.1 Å². The molecule has 2 aliphatic rings. The summed E-state index contributed by atoms with van der Waals surface area (Å²) in [6.07, 6.45) is 0.919. The lowest BCUT2D eigenvalue weighted by molar-refractivity contribution is -0.150. The van der Waals surface area contributed by atoms with E-state index in [4.69, 9.17) is 0 Å². The topological polar surface area (TPSA) is 81.7 Å². The summed E-state index contributed by atoms with van der Waals surface area (Å²) in [5.41, 5.74) is -1.01. The quantitative estimate of drug-likeness (QED) is 0.335. The van der Waals surface area contributed by atoms with Crippen molar-refractivity contribution < 1.29 is 14.8 Å². The fraction of sp³-hybridized carbons (Fsp3) is 0.714. The van der Waals surface area contributed by atoms with Crippen LogP contribution >= 0.6 is 0 Å². The number of urea groups is 1. The van der Waals surface area contributed by atoms with E-state index in [1.165, 1.54) is 0 Å². The summed E-state index contributed by atoms with van der Waals surface area (Å²) in [7, 11) is 0. The molecule has 0 atom stereocenters. The van der Waals surface area contributed by atoms with E-state index in [0.29, 0.717) is 31.0 Å². The lowest BCUT2D eigenvalue weighted by Crippen LogP contribution is -2.54. The van der Waals surface area contributed by atoms with Crippen molar-refractivity contribution in [1.29, 1.82) is 0 Å². The average molecular weight is 185 g/mol. The third-order valence-corrected chi connectivity index (χ3v) is 2.67. The Morgan fingerprint density at radius 1 is 1.31 bits per heavy atom. The van der Waals surface area contributed by atoms with Crippen LogP contribution in [0.3, 0.4) is 0 Å². The van der Waals surface area contributed by atoms with E-state index in [1.807, 2.05) is 0 Å². The molecule has 6 heteroatoms. The first kappa shape index (κ1) is 8.46. The molecule has 0 bridgehead atoms.